The Balaban J connectivity index is 2.00. The highest BCUT2D eigenvalue weighted by molar-refractivity contribution is 7.89. The number of nitrogens with zero attached hydrogens (tertiary/aromatic N) is 1. The second-order valence-electron chi connectivity index (χ2n) is 5.10. The Morgan fingerprint density at radius 2 is 1.91 bits per heavy atom. The molecule has 0 aliphatic carbocycles. The van der Waals surface area contributed by atoms with Crippen LogP contribution < -0.4 is 0 Å². The third kappa shape index (κ3) is 2.85. The van der Waals surface area contributed by atoms with Crippen molar-refractivity contribution in [1.29, 1.82) is 0 Å². The number of hydrogen-bond donors (Lipinski definition) is 0. The Morgan fingerprint density at radius 1 is 1.13 bits per heavy atom. The summed E-state index contributed by atoms with van der Waals surface area (Å²) in [6.45, 7) is -0.00316. The maximum atomic E-state index is 13.6. The van der Waals surface area contributed by atoms with Crippen LogP contribution in [0.1, 0.15) is 5.56 Å². The van der Waals surface area contributed by atoms with E-state index >= 15 is 0 Å². The first kappa shape index (κ1) is 15.6. The summed E-state index contributed by atoms with van der Waals surface area (Å²) in [6.07, 6.45) is 1.24. The molecule has 0 amide bonds. The molecule has 23 heavy (non-hydrogen) atoms. The van der Waals surface area contributed by atoms with E-state index < -0.39 is 21.7 Å². The predicted molar refractivity (Wildman–Crippen MR) is 81.2 cm³/mol. The van der Waals surface area contributed by atoms with Gasteiger partial charge in [-0.3, -0.25) is 0 Å². The first-order valence-corrected chi connectivity index (χ1v) is 8.20. The average Bonchev–Trinajstić information content (AvgIpc) is 2.97. The fraction of sp³-hybridized carbons (Fsp3) is 0.125. The summed E-state index contributed by atoms with van der Waals surface area (Å²) in [6, 6.07) is 9.35. The van der Waals surface area contributed by atoms with Crippen LogP contribution in [-0.2, 0) is 16.6 Å². The molecule has 0 bridgehead atoms. The lowest BCUT2D eigenvalue weighted by atomic mass is 10.2. The summed E-state index contributed by atoms with van der Waals surface area (Å²) in [7, 11) is -2.49. The highest BCUT2D eigenvalue weighted by atomic mass is 32.2. The molecule has 0 aliphatic rings. The van der Waals surface area contributed by atoms with Crippen LogP contribution in [0.5, 0.6) is 0 Å². The zero-order valence-electron chi connectivity index (χ0n) is 12.2. The minimum Gasteiger partial charge on any atom is -0.461 e. The van der Waals surface area contributed by atoms with Crippen molar-refractivity contribution in [3.63, 3.8) is 0 Å². The lowest BCUT2D eigenvalue weighted by Crippen LogP contribution is -2.26. The van der Waals surface area contributed by atoms with E-state index in [9.17, 15) is 17.2 Å². The van der Waals surface area contributed by atoms with Crippen LogP contribution in [0.3, 0.4) is 0 Å². The Labute approximate surface area is 132 Å². The van der Waals surface area contributed by atoms with Gasteiger partial charge in [-0.05, 0) is 35.9 Å². The van der Waals surface area contributed by atoms with Gasteiger partial charge in [0.1, 0.15) is 5.82 Å². The van der Waals surface area contributed by atoms with Crippen LogP contribution in [0.2, 0.25) is 0 Å². The summed E-state index contributed by atoms with van der Waals surface area (Å²) >= 11 is 0. The number of hydrogen-bond acceptors (Lipinski definition) is 3. The number of sulfonamides is 1. The predicted octanol–water partition coefficient (Wildman–Crippen LogP) is 3.53. The number of furan rings is 1. The van der Waals surface area contributed by atoms with E-state index in [1.165, 1.54) is 43.6 Å². The van der Waals surface area contributed by atoms with Crippen LogP contribution in [0.25, 0.3) is 11.0 Å². The Kier molecular flexibility index (Phi) is 3.91. The lowest BCUT2D eigenvalue weighted by molar-refractivity contribution is 0.466. The largest absolute Gasteiger partial charge is 0.461 e. The fourth-order valence-corrected chi connectivity index (χ4v) is 3.71. The molecule has 0 spiro atoms. The minimum atomic E-state index is -3.88. The van der Waals surface area contributed by atoms with E-state index in [0.717, 1.165) is 10.4 Å². The van der Waals surface area contributed by atoms with Crippen molar-refractivity contribution in [2.45, 2.75) is 11.4 Å². The molecule has 0 unspecified atom stereocenters. The molecule has 0 saturated carbocycles. The van der Waals surface area contributed by atoms with Gasteiger partial charge in [0.25, 0.3) is 0 Å². The molecule has 0 fully saturated rings. The molecule has 3 aromatic rings. The van der Waals surface area contributed by atoms with Gasteiger partial charge in [0.15, 0.2) is 11.4 Å². The van der Waals surface area contributed by atoms with Crippen LogP contribution in [0, 0.1) is 11.6 Å². The average molecular weight is 337 g/mol. The highest BCUT2D eigenvalue weighted by Crippen LogP contribution is 2.28. The third-order valence-corrected chi connectivity index (χ3v) is 5.37. The van der Waals surface area contributed by atoms with E-state index in [1.807, 2.05) is 0 Å². The first-order valence-electron chi connectivity index (χ1n) is 6.76. The first-order chi connectivity index (χ1) is 10.9. The van der Waals surface area contributed by atoms with Crippen LogP contribution in [0.15, 0.2) is 58.0 Å². The monoisotopic (exact) mass is 337 g/mol. The molecule has 7 heteroatoms. The van der Waals surface area contributed by atoms with Crippen molar-refractivity contribution in [3.05, 3.63) is 65.9 Å². The zero-order chi connectivity index (χ0) is 16.6. The van der Waals surface area contributed by atoms with Gasteiger partial charge >= 0.3 is 0 Å². The Bertz CT molecular complexity index is 966. The maximum Gasteiger partial charge on any atom is 0.243 e. The van der Waals surface area contributed by atoms with Gasteiger partial charge in [0.2, 0.25) is 10.0 Å². The van der Waals surface area contributed by atoms with Gasteiger partial charge in [0, 0.05) is 19.0 Å². The molecule has 4 nitrogen and oxygen atoms in total. The zero-order valence-corrected chi connectivity index (χ0v) is 13.0. The van der Waals surface area contributed by atoms with Crippen molar-refractivity contribution in [3.8, 4) is 0 Å². The van der Waals surface area contributed by atoms with Crippen LogP contribution in [0.4, 0.5) is 8.78 Å². The maximum absolute atomic E-state index is 13.6. The molecule has 0 saturated heterocycles. The van der Waals surface area contributed by atoms with E-state index in [4.69, 9.17) is 4.42 Å². The molecule has 2 aromatic carbocycles. The molecule has 0 radical (unpaired) electrons. The van der Waals surface area contributed by atoms with Crippen LogP contribution in [-0.4, -0.2) is 19.8 Å². The molecular formula is C16H13F2NO3S. The summed E-state index contributed by atoms with van der Waals surface area (Å²) in [5.74, 6) is -1.07. The number of halogens is 2. The molecule has 3 rings (SSSR count). The number of rotatable bonds is 4. The van der Waals surface area contributed by atoms with E-state index in [0.29, 0.717) is 5.56 Å². The molecule has 120 valence electrons. The minimum absolute atomic E-state index is 0.00316. The summed E-state index contributed by atoms with van der Waals surface area (Å²) in [4.78, 5) is -0.0541. The van der Waals surface area contributed by atoms with Crippen molar-refractivity contribution in [1.82, 2.24) is 4.31 Å². The number of fused-ring (bicyclic) bond motifs is 1. The van der Waals surface area contributed by atoms with Crippen molar-refractivity contribution >= 4 is 21.0 Å². The quantitative estimate of drug-likeness (QED) is 0.732. The summed E-state index contributed by atoms with van der Waals surface area (Å²) < 4.78 is 58.4. The van der Waals surface area contributed by atoms with Gasteiger partial charge in [-0.1, -0.05) is 12.1 Å². The number of benzene rings is 2. The van der Waals surface area contributed by atoms with E-state index in [1.54, 1.807) is 6.07 Å². The normalized spacial score (nSPS) is 12.2. The van der Waals surface area contributed by atoms with Crippen molar-refractivity contribution in [2.75, 3.05) is 7.05 Å². The van der Waals surface area contributed by atoms with E-state index in [-0.39, 0.29) is 22.4 Å². The Morgan fingerprint density at radius 3 is 2.65 bits per heavy atom. The van der Waals surface area contributed by atoms with Gasteiger partial charge in [-0.15, -0.1) is 0 Å². The molecule has 0 N–H and O–H groups in total. The molecule has 1 aromatic heterocycles. The highest BCUT2D eigenvalue weighted by Gasteiger charge is 2.25. The fourth-order valence-electron chi connectivity index (χ4n) is 2.37. The van der Waals surface area contributed by atoms with Gasteiger partial charge in [0.05, 0.1) is 11.2 Å². The third-order valence-electron chi connectivity index (χ3n) is 3.51. The summed E-state index contributed by atoms with van der Waals surface area (Å²) in [5, 5.41) is 0.177. The lowest BCUT2D eigenvalue weighted by Gasteiger charge is -2.18. The van der Waals surface area contributed by atoms with Crippen molar-refractivity contribution in [2.24, 2.45) is 0 Å². The second-order valence-corrected chi connectivity index (χ2v) is 7.11. The SMILES string of the molecule is CN(Cc1cccc(F)c1)S(=O)(=O)c1ccc(F)c2occc12. The van der Waals surface area contributed by atoms with Gasteiger partial charge in [-0.25, -0.2) is 17.2 Å². The molecule has 1 heterocycles. The van der Waals surface area contributed by atoms with Crippen LogP contribution >= 0.6 is 0 Å². The molecule has 0 atom stereocenters. The van der Waals surface area contributed by atoms with Crippen molar-refractivity contribution < 1.29 is 21.6 Å². The van der Waals surface area contributed by atoms with Gasteiger partial charge < -0.3 is 4.42 Å². The Hall–Kier alpha value is -2.25. The standard InChI is InChI=1S/C16H13F2NO3S/c1-19(10-11-3-2-4-12(17)9-11)23(20,21)15-6-5-14(18)16-13(15)7-8-22-16/h2-9H,10H2,1H3. The van der Waals surface area contributed by atoms with Gasteiger partial charge in [-0.2, -0.15) is 4.31 Å². The smallest absolute Gasteiger partial charge is 0.243 e. The molecular weight excluding hydrogens is 324 g/mol. The second kappa shape index (κ2) is 5.75. The summed E-state index contributed by atoms with van der Waals surface area (Å²) in [5.41, 5.74) is 0.409. The molecule has 0 aliphatic heterocycles. The topological polar surface area (TPSA) is 50.5 Å². The van der Waals surface area contributed by atoms with E-state index in [2.05, 4.69) is 0 Å².